The van der Waals surface area contributed by atoms with Gasteiger partial charge in [0.2, 0.25) is 5.91 Å². The molecule has 1 heterocycles. The third kappa shape index (κ3) is 1.62. The lowest BCUT2D eigenvalue weighted by Gasteiger charge is -2.12. The molecule has 1 unspecified atom stereocenters. The largest absolute Gasteiger partial charge is 0.480 e. The summed E-state index contributed by atoms with van der Waals surface area (Å²) in [6, 6.07) is 0. The lowest BCUT2D eigenvalue weighted by molar-refractivity contribution is -0.144. The van der Waals surface area contributed by atoms with Gasteiger partial charge in [0.05, 0.1) is 0 Å². The Morgan fingerprint density at radius 1 is 1.73 bits per heavy atom. The van der Waals surface area contributed by atoms with Crippen molar-refractivity contribution in [2.24, 2.45) is 5.92 Å². The second kappa shape index (κ2) is 2.79. The highest BCUT2D eigenvalue weighted by molar-refractivity contribution is 7.80. The minimum absolute atomic E-state index is 0.257. The zero-order valence-electron chi connectivity index (χ0n) is 5.40. The molecule has 0 saturated heterocycles. The van der Waals surface area contributed by atoms with Crippen LogP contribution in [0.5, 0.6) is 0 Å². The number of carbonyl (C=O) groups excluding carboxylic acids is 1. The summed E-state index contributed by atoms with van der Waals surface area (Å²) in [5.74, 6) is -2.84. The van der Waals surface area contributed by atoms with E-state index in [1.165, 1.54) is 12.2 Å². The Morgan fingerprint density at radius 2 is 2.36 bits per heavy atom. The van der Waals surface area contributed by atoms with Crippen LogP contribution in [0.1, 0.15) is 0 Å². The summed E-state index contributed by atoms with van der Waals surface area (Å²) in [5, 5.41) is 10.7. The molecule has 5 heteroatoms. The van der Waals surface area contributed by atoms with E-state index in [9.17, 15) is 9.59 Å². The van der Waals surface area contributed by atoms with Crippen LogP contribution in [0.2, 0.25) is 0 Å². The first-order chi connectivity index (χ1) is 5.11. The smallest absolute Gasteiger partial charge is 0.319 e. The van der Waals surface area contributed by atoms with Gasteiger partial charge >= 0.3 is 5.97 Å². The molecule has 58 valence electrons. The van der Waals surface area contributed by atoms with Crippen LogP contribution in [0.15, 0.2) is 12.2 Å². The maximum atomic E-state index is 10.8. The average molecular weight is 171 g/mol. The number of thiocarbonyl (C=S) groups is 1. The Kier molecular flexibility index (Phi) is 2.00. The summed E-state index contributed by atoms with van der Waals surface area (Å²) in [6.07, 6.45) is 2.67. The maximum Gasteiger partial charge on any atom is 0.319 e. The highest BCUT2D eigenvalue weighted by Crippen LogP contribution is 2.04. The number of carbonyl (C=O) groups is 2. The van der Waals surface area contributed by atoms with Gasteiger partial charge in [-0.25, -0.2) is 0 Å². The van der Waals surface area contributed by atoms with Crippen LogP contribution in [0.4, 0.5) is 0 Å². The first-order valence-corrected chi connectivity index (χ1v) is 3.28. The first kappa shape index (κ1) is 7.87. The van der Waals surface area contributed by atoms with Gasteiger partial charge in [0.1, 0.15) is 4.99 Å². The number of hydrogen-bond donors (Lipinski definition) is 2. The van der Waals surface area contributed by atoms with Gasteiger partial charge in [0, 0.05) is 0 Å². The van der Waals surface area contributed by atoms with E-state index in [1.807, 2.05) is 0 Å². The molecule has 0 fully saturated rings. The van der Waals surface area contributed by atoms with Crippen molar-refractivity contribution in [3.8, 4) is 0 Å². The van der Waals surface area contributed by atoms with Gasteiger partial charge < -0.3 is 10.4 Å². The van der Waals surface area contributed by atoms with E-state index < -0.39 is 17.8 Å². The lowest BCUT2D eigenvalue weighted by atomic mass is 10.1. The molecule has 0 bridgehead atoms. The molecule has 11 heavy (non-hydrogen) atoms. The van der Waals surface area contributed by atoms with Gasteiger partial charge in [0.25, 0.3) is 0 Å². The molecular formula is C6H5NO3S. The topological polar surface area (TPSA) is 66.4 Å². The zero-order chi connectivity index (χ0) is 8.43. The van der Waals surface area contributed by atoms with Crippen molar-refractivity contribution < 1.29 is 14.7 Å². The Hall–Kier alpha value is -1.23. The Bertz CT molecular complexity index is 259. The number of carboxylic acids is 1. The number of nitrogens with one attached hydrogen (secondary N) is 1. The van der Waals surface area contributed by atoms with Gasteiger partial charge in [-0.1, -0.05) is 18.3 Å². The number of rotatable bonds is 1. The van der Waals surface area contributed by atoms with Gasteiger partial charge in [0.15, 0.2) is 5.92 Å². The summed E-state index contributed by atoms with van der Waals surface area (Å²) in [5.41, 5.74) is 0. The predicted molar refractivity (Wildman–Crippen MR) is 41.0 cm³/mol. The molecule has 0 radical (unpaired) electrons. The molecule has 0 aromatic heterocycles. The first-order valence-electron chi connectivity index (χ1n) is 2.87. The van der Waals surface area contributed by atoms with Gasteiger partial charge in [-0.05, 0) is 6.08 Å². The van der Waals surface area contributed by atoms with Crippen LogP contribution in [0.3, 0.4) is 0 Å². The number of carboxylic acid groups (broad SMARTS) is 1. The van der Waals surface area contributed by atoms with E-state index >= 15 is 0 Å². The van der Waals surface area contributed by atoms with E-state index in [-0.39, 0.29) is 4.99 Å². The maximum absolute atomic E-state index is 10.8. The molecule has 1 rings (SSSR count). The summed E-state index contributed by atoms with van der Waals surface area (Å²) < 4.78 is 0. The standard InChI is InChI=1S/C6H5NO3S/c8-5-3(6(9)10)1-2-4(11)7-5/h1-3H,(H,9,10)(H,7,8,11). The Labute approximate surface area is 67.9 Å². The third-order valence-corrected chi connectivity index (χ3v) is 1.47. The van der Waals surface area contributed by atoms with Crippen LogP contribution in [-0.2, 0) is 9.59 Å². The zero-order valence-corrected chi connectivity index (χ0v) is 6.22. The second-order valence-electron chi connectivity index (χ2n) is 2.03. The van der Waals surface area contributed by atoms with Crippen molar-refractivity contribution in [3.63, 3.8) is 0 Å². The van der Waals surface area contributed by atoms with Gasteiger partial charge in [-0.3, -0.25) is 9.59 Å². The third-order valence-electron chi connectivity index (χ3n) is 1.23. The normalized spacial score (nSPS) is 23.1. The predicted octanol–water partition coefficient (Wildman–Crippen LogP) is -0.299. The van der Waals surface area contributed by atoms with E-state index in [1.54, 1.807) is 0 Å². The molecule has 0 saturated carbocycles. The number of aliphatic carboxylic acids is 1. The molecule has 1 atom stereocenters. The molecule has 0 aliphatic carbocycles. The van der Waals surface area contributed by atoms with Crippen LogP contribution < -0.4 is 5.32 Å². The molecule has 1 amide bonds. The fraction of sp³-hybridized carbons (Fsp3) is 0.167. The summed E-state index contributed by atoms with van der Waals surface area (Å²) in [6.45, 7) is 0. The quantitative estimate of drug-likeness (QED) is 0.420. The Morgan fingerprint density at radius 3 is 2.82 bits per heavy atom. The molecule has 0 spiro atoms. The van der Waals surface area contributed by atoms with Crippen LogP contribution in [-0.4, -0.2) is 22.0 Å². The lowest BCUT2D eigenvalue weighted by Crippen LogP contribution is -2.39. The highest BCUT2D eigenvalue weighted by atomic mass is 32.1. The summed E-state index contributed by atoms with van der Waals surface area (Å²) in [4.78, 5) is 21.4. The minimum Gasteiger partial charge on any atom is -0.480 e. The van der Waals surface area contributed by atoms with Crippen LogP contribution >= 0.6 is 12.2 Å². The summed E-state index contributed by atoms with van der Waals surface area (Å²) in [7, 11) is 0. The molecule has 2 N–H and O–H groups in total. The SMILES string of the molecule is O=C(O)C1C=CC(=S)NC1=O. The highest BCUT2D eigenvalue weighted by Gasteiger charge is 2.26. The molecule has 1 aliphatic heterocycles. The minimum atomic E-state index is -1.17. The van der Waals surface area contributed by atoms with Crippen molar-refractivity contribution in [1.82, 2.24) is 5.32 Å². The van der Waals surface area contributed by atoms with Crippen molar-refractivity contribution in [2.45, 2.75) is 0 Å². The Balaban J connectivity index is 2.85. The number of hydrogen-bond acceptors (Lipinski definition) is 3. The molecule has 4 nitrogen and oxygen atoms in total. The monoisotopic (exact) mass is 171 g/mol. The molecule has 1 aliphatic rings. The fourth-order valence-corrected chi connectivity index (χ4v) is 0.885. The van der Waals surface area contributed by atoms with Crippen molar-refractivity contribution >= 4 is 29.1 Å². The average Bonchev–Trinajstić information content (AvgIpc) is 1.85. The van der Waals surface area contributed by atoms with Crippen molar-refractivity contribution in [1.29, 1.82) is 0 Å². The second-order valence-corrected chi connectivity index (χ2v) is 2.47. The van der Waals surface area contributed by atoms with Crippen LogP contribution in [0, 0.1) is 5.92 Å². The van der Waals surface area contributed by atoms with E-state index in [0.717, 1.165) is 0 Å². The van der Waals surface area contributed by atoms with Gasteiger partial charge in [-0.15, -0.1) is 0 Å². The van der Waals surface area contributed by atoms with Crippen LogP contribution in [0.25, 0.3) is 0 Å². The fourth-order valence-electron chi connectivity index (χ4n) is 0.706. The van der Waals surface area contributed by atoms with E-state index in [0.29, 0.717) is 0 Å². The van der Waals surface area contributed by atoms with E-state index in [2.05, 4.69) is 17.5 Å². The van der Waals surface area contributed by atoms with Gasteiger partial charge in [-0.2, -0.15) is 0 Å². The van der Waals surface area contributed by atoms with Crippen molar-refractivity contribution in [3.05, 3.63) is 12.2 Å². The molecular weight excluding hydrogens is 166 g/mol. The van der Waals surface area contributed by atoms with Crippen molar-refractivity contribution in [2.75, 3.05) is 0 Å². The molecule has 0 aromatic rings. The number of amides is 1. The van der Waals surface area contributed by atoms with E-state index in [4.69, 9.17) is 5.11 Å². The summed E-state index contributed by atoms with van der Waals surface area (Å²) >= 11 is 4.61. The molecule has 0 aromatic carbocycles.